The number of benzene rings is 1. The minimum atomic E-state index is 0.913. The Hall–Kier alpha value is -1.38. The van der Waals surface area contributed by atoms with Crippen molar-refractivity contribution >= 4 is 5.69 Å². The summed E-state index contributed by atoms with van der Waals surface area (Å²) < 4.78 is 0. The van der Waals surface area contributed by atoms with Crippen molar-refractivity contribution in [3.63, 3.8) is 0 Å². The van der Waals surface area contributed by atoms with Gasteiger partial charge in [-0.2, -0.15) is 9.92 Å². The van der Waals surface area contributed by atoms with E-state index in [2.05, 4.69) is 10.5 Å². The zero-order valence-corrected chi connectivity index (χ0v) is 6.85. The Kier molecular flexibility index (Phi) is 2.03. The molecule has 0 radical (unpaired) electrons. The quantitative estimate of drug-likeness (QED) is 0.566. The molecular weight excluding hydrogens is 150 g/mol. The summed E-state index contributed by atoms with van der Waals surface area (Å²) in [6.45, 7) is 1.87. The van der Waals surface area contributed by atoms with Gasteiger partial charge in [-0.15, -0.1) is 0 Å². The van der Waals surface area contributed by atoms with Crippen molar-refractivity contribution in [2.75, 3.05) is 13.1 Å². The van der Waals surface area contributed by atoms with Crippen LogP contribution in [0.4, 0.5) is 5.69 Å². The molecule has 1 heterocycles. The minimum Gasteiger partial charge on any atom is -0.220 e. The summed E-state index contributed by atoms with van der Waals surface area (Å²) in [5.41, 5.74) is 5.17. The van der Waals surface area contributed by atoms with Gasteiger partial charge in [0.25, 0.3) is 0 Å². The van der Waals surface area contributed by atoms with Crippen molar-refractivity contribution in [3.8, 4) is 0 Å². The Morgan fingerprint density at radius 2 is 2.08 bits per heavy atom. The Morgan fingerprint density at radius 1 is 1.25 bits per heavy atom. The summed E-state index contributed by atoms with van der Waals surface area (Å²) >= 11 is 0. The van der Waals surface area contributed by atoms with Crippen LogP contribution in [0.25, 0.3) is 5.43 Å². The van der Waals surface area contributed by atoms with E-state index in [4.69, 9.17) is 0 Å². The molecule has 3 nitrogen and oxygen atoms in total. The smallest absolute Gasteiger partial charge is 0.162 e. The van der Waals surface area contributed by atoms with Crippen LogP contribution in [-0.2, 0) is 0 Å². The van der Waals surface area contributed by atoms with Crippen LogP contribution in [0.3, 0.4) is 0 Å². The number of nitrogens with zero attached hydrogens (tertiary/aromatic N) is 3. The molecule has 1 fully saturated rings. The van der Waals surface area contributed by atoms with Gasteiger partial charge in [0.2, 0.25) is 0 Å². The molecule has 1 aromatic rings. The molecule has 0 N–H and O–H groups in total. The van der Waals surface area contributed by atoms with Crippen LogP contribution in [0.5, 0.6) is 0 Å². The molecular formula is C9H11N3. The van der Waals surface area contributed by atoms with Crippen molar-refractivity contribution in [2.45, 2.75) is 6.42 Å². The number of azo groups is 1. The Balaban J connectivity index is 2.16. The van der Waals surface area contributed by atoms with Gasteiger partial charge < -0.3 is 0 Å². The molecule has 62 valence electrons. The van der Waals surface area contributed by atoms with Crippen LogP contribution in [0.1, 0.15) is 6.42 Å². The first-order valence-corrected chi connectivity index (χ1v) is 4.17. The maximum atomic E-state index is 4.32. The average Bonchev–Trinajstić information content (AvgIpc) is 2.59. The van der Waals surface area contributed by atoms with E-state index in [0.717, 1.165) is 25.2 Å². The molecule has 0 atom stereocenters. The normalized spacial score (nSPS) is 19.5. The molecule has 0 bridgehead atoms. The molecule has 0 aliphatic carbocycles. The van der Waals surface area contributed by atoms with Gasteiger partial charge >= 0.3 is 0 Å². The highest BCUT2D eigenvalue weighted by Gasteiger charge is 2.05. The van der Waals surface area contributed by atoms with Crippen molar-refractivity contribution < 1.29 is 4.81 Å². The predicted octanol–water partition coefficient (Wildman–Crippen LogP) is 2.48. The third kappa shape index (κ3) is 1.61. The molecule has 12 heavy (non-hydrogen) atoms. The summed E-state index contributed by atoms with van der Waals surface area (Å²) in [4.78, 5) is 1.77. The molecule has 0 spiro atoms. The van der Waals surface area contributed by atoms with E-state index >= 15 is 0 Å². The van der Waals surface area contributed by atoms with Crippen molar-refractivity contribution in [2.24, 2.45) is 5.11 Å². The third-order valence-electron chi connectivity index (χ3n) is 1.77. The van der Waals surface area contributed by atoms with Gasteiger partial charge in [0.05, 0.1) is 0 Å². The lowest BCUT2D eigenvalue weighted by atomic mass is 10.3. The standard InChI is InChI=1S/C9H11N3/c1-2-5-9(6-3-1)11-12-8-4-7-10-12/h1-3,5-6H,4,7-8H2. The highest BCUT2D eigenvalue weighted by Crippen LogP contribution is 2.14. The first-order chi connectivity index (χ1) is 5.95. The summed E-state index contributed by atoms with van der Waals surface area (Å²) in [5.74, 6) is 0. The predicted molar refractivity (Wildman–Crippen MR) is 46.5 cm³/mol. The van der Waals surface area contributed by atoms with Crippen molar-refractivity contribution in [3.05, 3.63) is 35.8 Å². The van der Waals surface area contributed by atoms with Crippen molar-refractivity contribution in [1.29, 1.82) is 0 Å². The van der Waals surface area contributed by atoms with Crippen molar-refractivity contribution in [1.82, 2.24) is 0 Å². The van der Waals surface area contributed by atoms with E-state index in [0.29, 0.717) is 0 Å². The average molecular weight is 161 g/mol. The van der Waals surface area contributed by atoms with E-state index < -0.39 is 0 Å². The van der Waals surface area contributed by atoms with E-state index in [1.807, 2.05) is 30.3 Å². The lowest BCUT2D eigenvalue weighted by Crippen LogP contribution is -1.93. The molecule has 1 aromatic carbocycles. The fourth-order valence-electron chi connectivity index (χ4n) is 1.18. The zero-order chi connectivity index (χ0) is 8.23. The maximum Gasteiger partial charge on any atom is 0.162 e. The van der Waals surface area contributed by atoms with E-state index in [9.17, 15) is 0 Å². The monoisotopic (exact) mass is 161 g/mol. The summed E-state index contributed by atoms with van der Waals surface area (Å²) in [6, 6.07) is 9.91. The minimum absolute atomic E-state index is 0.913. The van der Waals surface area contributed by atoms with E-state index in [-0.39, 0.29) is 0 Å². The number of hydrogen-bond acceptors (Lipinski definition) is 1. The second kappa shape index (κ2) is 3.34. The molecule has 1 saturated heterocycles. The molecule has 1 aliphatic heterocycles. The van der Waals surface area contributed by atoms with Gasteiger partial charge in [-0.3, -0.25) is 0 Å². The van der Waals surface area contributed by atoms with Crippen LogP contribution >= 0.6 is 0 Å². The second-order valence-electron chi connectivity index (χ2n) is 2.75. The molecule has 1 aliphatic rings. The van der Waals surface area contributed by atoms with Crippen LogP contribution < -0.4 is 0 Å². The second-order valence-corrected chi connectivity index (χ2v) is 2.75. The lowest BCUT2D eigenvalue weighted by molar-refractivity contribution is -0.527. The molecule has 2 rings (SSSR count). The topological polar surface area (TPSA) is 29.5 Å². The van der Waals surface area contributed by atoms with Gasteiger partial charge in [-0.1, -0.05) is 30.3 Å². The number of rotatable bonds is 1. The maximum absolute atomic E-state index is 4.32. The van der Waals surface area contributed by atoms with Gasteiger partial charge in [0, 0.05) is 18.7 Å². The highest BCUT2D eigenvalue weighted by atomic mass is 15.6. The highest BCUT2D eigenvalue weighted by molar-refractivity contribution is 5.34. The Bertz CT molecular complexity index is 271. The summed E-state index contributed by atoms with van der Waals surface area (Å²) in [7, 11) is 0. The van der Waals surface area contributed by atoms with Crippen LogP contribution in [0.15, 0.2) is 35.4 Å². The van der Waals surface area contributed by atoms with Crippen LogP contribution in [0.2, 0.25) is 0 Å². The Labute approximate surface area is 71.7 Å². The Morgan fingerprint density at radius 3 is 2.75 bits per heavy atom. The molecule has 0 amide bonds. The van der Waals surface area contributed by atoms with E-state index in [1.54, 1.807) is 4.81 Å². The van der Waals surface area contributed by atoms with Crippen LogP contribution in [-0.4, -0.2) is 17.9 Å². The van der Waals surface area contributed by atoms with Gasteiger partial charge in [0.15, 0.2) is 6.54 Å². The molecule has 0 unspecified atom stereocenters. The first kappa shape index (κ1) is 7.28. The fourth-order valence-corrected chi connectivity index (χ4v) is 1.18. The van der Waals surface area contributed by atoms with Gasteiger partial charge in [-0.25, -0.2) is 5.43 Å². The summed E-state index contributed by atoms with van der Waals surface area (Å²) in [5, 5.41) is 4.32. The first-order valence-electron chi connectivity index (χ1n) is 4.17. The third-order valence-corrected chi connectivity index (χ3v) is 1.77. The van der Waals surface area contributed by atoms with Gasteiger partial charge in [-0.05, 0) is 0 Å². The van der Waals surface area contributed by atoms with Gasteiger partial charge in [0.1, 0.15) is 0 Å². The largest absolute Gasteiger partial charge is 0.220 e. The lowest BCUT2D eigenvalue weighted by Gasteiger charge is -1.99. The SMILES string of the molecule is c1ccc(N=[N+]2CCC[N-]2)cc1. The molecule has 0 saturated carbocycles. The van der Waals surface area contributed by atoms with Crippen LogP contribution in [0, 0.1) is 0 Å². The molecule has 0 aromatic heterocycles. The van der Waals surface area contributed by atoms with E-state index in [1.165, 1.54) is 0 Å². The summed E-state index contributed by atoms with van der Waals surface area (Å²) in [6.07, 6.45) is 1.12. The molecule has 3 heteroatoms. The number of hydrogen-bond donors (Lipinski definition) is 0. The fraction of sp³-hybridized carbons (Fsp3) is 0.333. The zero-order valence-electron chi connectivity index (χ0n) is 6.85.